The molecule has 2 aliphatic carbocycles. The fourth-order valence-electron chi connectivity index (χ4n) is 5.54. The third-order valence-corrected chi connectivity index (χ3v) is 6.99. The van der Waals surface area contributed by atoms with Crippen molar-refractivity contribution in [3.05, 3.63) is 29.6 Å². The van der Waals surface area contributed by atoms with Crippen LogP contribution < -0.4 is 5.32 Å². The van der Waals surface area contributed by atoms with Gasteiger partial charge in [0.05, 0.1) is 0 Å². The molecule has 2 fully saturated rings. The first kappa shape index (κ1) is 16.5. The number of aliphatic imine (C=N–C) groups is 1. The van der Waals surface area contributed by atoms with Crippen molar-refractivity contribution in [1.82, 2.24) is 15.0 Å². The lowest BCUT2D eigenvalue weighted by molar-refractivity contribution is 0.155. The molecule has 3 heterocycles. The summed E-state index contributed by atoms with van der Waals surface area (Å²) in [5.74, 6) is 2.09. The van der Waals surface area contributed by atoms with Crippen LogP contribution in [-0.2, 0) is 0 Å². The van der Waals surface area contributed by atoms with Crippen LogP contribution in [0.25, 0.3) is 11.6 Å². The van der Waals surface area contributed by atoms with Crippen molar-refractivity contribution < 1.29 is 5.11 Å². The number of hydrogen-bond donors (Lipinski definition) is 3. The normalized spacial score (nSPS) is 31.6. The van der Waals surface area contributed by atoms with Gasteiger partial charge in [0.25, 0.3) is 0 Å². The zero-order valence-corrected chi connectivity index (χ0v) is 16.0. The van der Waals surface area contributed by atoms with E-state index in [2.05, 4.69) is 46.0 Å². The molecule has 0 radical (unpaired) electrons. The van der Waals surface area contributed by atoms with E-state index >= 15 is 0 Å². The summed E-state index contributed by atoms with van der Waals surface area (Å²) in [4.78, 5) is 16.2. The molecule has 2 aromatic heterocycles. The van der Waals surface area contributed by atoms with Gasteiger partial charge in [-0.2, -0.15) is 4.98 Å². The Morgan fingerprint density at radius 2 is 2.19 bits per heavy atom. The Hall–Kier alpha value is -2.63. The molecular formula is C21H25N5O. The van der Waals surface area contributed by atoms with E-state index in [4.69, 9.17) is 0 Å². The maximum Gasteiger partial charge on any atom is 0.238 e. The minimum absolute atomic E-state index is 0.00172. The molecule has 0 saturated heterocycles. The standard InChI is InChI=1S/C21H25N5O/c1-20(2)13-6-7-21(3,10-13)18(20)26-19-24-15(17(27)25-19)9-12-11-23-16-14(12)5-4-8-22-16/h4-5,8-9,11,13,18,27H,6-7,10H2,1-3H3,(H2,24,25,26)/t13-,18-,21-/m0/s1. The van der Waals surface area contributed by atoms with E-state index in [0.29, 0.717) is 23.5 Å². The van der Waals surface area contributed by atoms with Crippen LogP contribution in [0.5, 0.6) is 5.88 Å². The third kappa shape index (κ3) is 2.42. The van der Waals surface area contributed by atoms with E-state index < -0.39 is 0 Å². The summed E-state index contributed by atoms with van der Waals surface area (Å²) in [6, 6.07) is 4.21. The van der Waals surface area contributed by atoms with E-state index in [1.807, 2.05) is 18.2 Å². The van der Waals surface area contributed by atoms with Crippen molar-refractivity contribution in [2.45, 2.75) is 46.1 Å². The van der Waals surface area contributed by atoms with Gasteiger partial charge in [-0.1, -0.05) is 20.8 Å². The molecule has 0 unspecified atom stereocenters. The predicted octanol–water partition coefficient (Wildman–Crippen LogP) is 4.39. The Morgan fingerprint density at radius 1 is 1.33 bits per heavy atom. The van der Waals surface area contributed by atoms with Crippen LogP contribution in [-0.4, -0.2) is 32.3 Å². The predicted molar refractivity (Wildman–Crippen MR) is 107 cm³/mol. The molecule has 3 aliphatic rings. The highest BCUT2D eigenvalue weighted by atomic mass is 16.3. The number of rotatable bonds is 3. The van der Waals surface area contributed by atoms with Crippen LogP contribution in [0.1, 0.15) is 51.3 Å². The van der Waals surface area contributed by atoms with Crippen molar-refractivity contribution in [1.29, 1.82) is 0 Å². The van der Waals surface area contributed by atoms with Crippen LogP contribution in [0.15, 0.2) is 23.3 Å². The van der Waals surface area contributed by atoms with Crippen LogP contribution in [0.2, 0.25) is 0 Å². The number of pyridine rings is 1. The average Bonchev–Trinajstić information content (AvgIpc) is 3.35. The number of hydrogen-bond acceptors (Lipinski definition) is 5. The van der Waals surface area contributed by atoms with Gasteiger partial charge in [-0.25, -0.2) is 9.98 Å². The summed E-state index contributed by atoms with van der Waals surface area (Å²) in [6.45, 7) is 7.08. The first-order valence-corrected chi connectivity index (χ1v) is 9.63. The van der Waals surface area contributed by atoms with Crippen LogP contribution in [0.3, 0.4) is 0 Å². The zero-order chi connectivity index (χ0) is 18.8. The number of allylic oxidation sites excluding steroid dienone is 1. The van der Waals surface area contributed by atoms with Crippen LogP contribution in [0, 0.1) is 16.7 Å². The molecule has 0 aromatic carbocycles. The Kier molecular flexibility index (Phi) is 3.33. The van der Waals surface area contributed by atoms with E-state index in [1.54, 1.807) is 12.4 Å². The Balaban J connectivity index is 1.43. The summed E-state index contributed by atoms with van der Waals surface area (Å²) in [7, 11) is 0. The van der Waals surface area contributed by atoms with Gasteiger partial charge in [-0.15, -0.1) is 0 Å². The molecule has 27 heavy (non-hydrogen) atoms. The highest BCUT2D eigenvalue weighted by Gasteiger charge is 2.59. The summed E-state index contributed by atoms with van der Waals surface area (Å²) in [5, 5.41) is 14.0. The van der Waals surface area contributed by atoms with Gasteiger partial charge in [0, 0.05) is 29.6 Å². The second kappa shape index (κ2) is 5.44. The molecule has 6 heteroatoms. The van der Waals surface area contributed by atoms with Gasteiger partial charge in [0.2, 0.25) is 11.8 Å². The van der Waals surface area contributed by atoms with Crippen molar-refractivity contribution >= 4 is 29.6 Å². The second-order valence-electron chi connectivity index (χ2n) is 9.05. The summed E-state index contributed by atoms with van der Waals surface area (Å²) >= 11 is 0. The smallest absolute Gasteiger partial charge is 0.238 e. The molecule has 2 saturated carbocycles. The summed E-state index contributed by atoms with van der Waals surface area (Å²) in [6.07, 6.45) is 9.20. The van der Waals surface area contributed by atoms with Crippen molar-refractivity contribution in [3.8, 4) is 5.88 Å². The van der Waals surface area contributed by atoms with Gasteiger partial charge in [0.15, 0.2) is 5.82 Å². The number of aromatic nitrogens is 3. The molecule has 2 aromatic rings. The lowest BCUT2D eigenvalue weighted by Crippen LogP contribution is -2.46. The van der Waals surface area contributed by atoms with Crippen LogP contribution in [0.4, 0.5) is 11.8 Å². The lowest BCUT2D eigenvalue weighted by atomic mass is 9.68. The Labute approximate surface area is 158 Å². The topological polar surface area (TPSA) is 86.2 Å². The maximum atomic E-state index is 10.4. The van der Waals surface area contributed by atoms with Crippen molar-refractivity contribution in [3.63, 3.8) is 0 Å². The first-order valence-electron chi connectivity index (χ1n) is 9.63. The second-order valence-corrected chi connectivity index (χ2v) is 9.05. The minimum atomic E-state index is 0.00172. The van der Waals surface area contributed by atoms with E-state index in [9.17, 15) is 5.11 Å². The maximum absolute atomic E-state index is 10.4. The highest BCUT2D eigenvalue weighted by molar-refractivity contribution is 6.20. The SMILES string of the molecule is CC1(C)[C@H]2CC[C@@](C)(C2)[C@H]1Nc1nc(O)c(C=C2C=Nc3ncccc32)[nH]1. The summed E-state index contributed by atoms with van der Waals surface area (Å²) < 4.78 is 0. The van der Waals surface area contributed by atoms with Crippen molar-refractivity contribution in [2.24, 2.45) is 21.7 Å². The number of H-pyrrole nitrogens is 1. The average molecular weight is 363 g/mol. The lowest BCUT2D eigenvalue weighted by Gasteiger charge is -2.43. The fourth-order valence-corrected chi connectivity index (χ4v) is 5.54. The Bertz CT molecular complexity index is 968. The molecule has 3 N–H and O–H groups in total. The van der Waals surface area contributed by atoms with Gasteiger partial charge in [0.1, 0.15) is 5.69 Å². The monoisotopic (exact) mass is 363 g/mol. The number of nitrogens with one attached hydrogen (secondary N) is 2. The van der Waals surface area contributed by atoms with Crippen LogP contribution >= 0.6 is 0 Å². The summed E-state index contributed by atoms with van der Waals surface area (Å²) in [5.41, 5.74) is 2.97. The largest absolute Gasteiger partial charge is 0.492 e. The zero-order valence-electron chi connectivity index (χ0n) is 16.0. The van der Waals surface area contributed by atoms with Crippen molar-refractivity contribution in [2.75, 3.05) is 5.32 Å². The molecule has 1 aliphatic heterocycles. The van der Waals surface area contributed by atoms with Gasteiger partial charge in [-0.3, -0.25) is 0 Å². The number of imidazole rings is 1. The van der Waals surface area contributed by atoms with E-state index in [0.717, 1.165) is 17.1 Å². The molecule has 6 nitrogen and oxygen atoms in total. The number of aromatic hydroxyl groups is 1. The molecule has 140 valence electrons. The number of anilines is 1. The Morgan fingerprint density at radius 3 is 2.96 bits per heavy atom. The quantitative estimate of drug-likeness (QED) is 0.755. The molecule has 2 bridgehead atoms. The number of fused-ring (bicyclic) bond motifs is 3. The van der Waals surface area contributed by atoms with Gasteiger partial charge < -0.3 is 15.4 Å². The number of nitrogens with zero attached hydrogens (tertiary/aromatic N) is 3. The van der Waals surface area contributed by atoms with Gasteiger partial charge in [-0.05, 0) is 54.2 Å². The molecular weight excluding hydrogens is 338 g/mol. The minimum Gasteiger partial charge on any atom is -0.492 e. The molecule has 3 atom stereocenters. The molecule has 0 spiro atoms. The van der Waals surface area contributed by atoms with Gasteiger partial charge >= 0.3 is 0 Å². The first-order chi connectivity index (χ1) is 12.9. The van der Waals surface area contributed by atoms with E-state index in [-0.39, 0.29) is 16.7 Å². The molecule has 0 amide bonds. The fraction of sp³-hybridized carbons (Fsp3) is 0.476. The highest BCUT2D eigenvalue weighted by Crippen LogP contribution is 2.63. The number of aromatic amines is 1. The van der Waals surface area contributed by atoms with E-state index in [1.165, 1.54) is 19.3 Å². The molecule has 5 rings (SSSR count). The third-order valence-electron chi connectivity index (χ3n) is 6.99.